The van der Waals surface area contributed by atoms with E-state index >= 15 is 0 Å². The standard InChI is InChI=1S/C23H18N4O6S/c1-13-4-6-17(32-13)15-10-16(18-3-2-8-29-18)27(26-15)21(28)11-34-23-25-24-22(33-23)14-5-7-19-20(9-14)31-12-30-19/h2-9,16H,10-12H2,1H3/t16-/m0/s1. The molecule has 0 spiro atoms. The number of furan rings is 2. The number of rotatable bonds is 6. The number of ether oxygens (including phenoxy) is 2. The average molecular weight is 478 g/mol. The summed E-state index contributed by atoms with van der Waals surface area (Å²) in [6.07, 6.45) is 2.07. The second kappa shape index (κ2) is 8.41. The van der Waals surface area contributed by atoms with Gasteiger partial charge in [0.2, 0.25) is 12.7 Å². The zero-order valence-electron chi connectivity index (χ0n) is 18.0. The molecule has 0 bridgehead atoms. The molecule has 3 aromatic heterocycles. The molecule has 0 fully saturated rings. The number of amides is 1. The lowest BCUT2D eigenvalue weighted by atomic mass is 10.1. The van der Waals surface area contributed by atoms with E-state index in [1.165, 1.54) is 5.01 Å². The lowest BCUT2D eigenvalue weighted by molar-refractivity contribution is -0.130. The van der Waals surface area contributed by atoms with Crippen molar-refractivity contribution in [1.29, 1.82) is 0 Å². The smallest absolute Gasteiger partial charge is 0.277 e. The van der Waals surface area contributed by atoms with E-state index in [1.807, 2.05) is 31.2 Å². The summed E-state index contributed by atoms with van der Waals surface area (Å²) in [5.74, 6) is 3.55. The molecule has 0 aliphatic carbocycles. The van der Waals surface area contributed by atoms with Gasteiger partial charge in [0.05, 0.1) is 12.0 Å². The third-order valence-corrected chi connectivity index (χ3v) is 6.21. The molecule has 0 saturated heterocycles. The second-order valence-electron chi connectivity index (χ2n) is 7.66. The fourth-order valence-corrected chi connectivity index (χ4v) is 4.40. The summed E-state index contributed by atoms with van der Waals surface area (Å²) >= 11 is 1.15. The zero-order valence-corrected chi connectivity index (χ0v) is 18.8. The number of carbonyl (C=O) groups excluding carboxylic acids is 1. The molecule has 0 unspecified atom stereocenters. The lowest BCUT2D eigenvalue weighted by Crippen LogP contribution is -2.28. The SMILES string of the molecule is Cc1ccc(C2=NN(C(=O)CSc3nnc(-c4ccc5c(c4)OCO5)o3)[C@H](c3ccco3)C2)o1. The number of carbonyl (C=O) groups is 1. The van der Waals surface area contributed by atoms with Gasteiger partial charge in [-0.15, -0.1) is 10.2 Å². The van der Waals surface area contributed by atoms with Gasteiger partial charge >= 0.3 is 0 Å². The van der Waals surface area contributed by atoms with Crippen molar-refractivity contribution in [3.05, 3.63) is 66.0 Å². The topological polar surface area (TPSA) is 116 Å². The van der Waals surface area contributed by atoms with Crippen LogP contribution in [0.1, 0.15) is 29.7 Å². The Balaban J connectivity index is 1.17. The predicted octanol–water partition coefficient (Wildman–Crippen LogP) is 4.43. The van der Waals surface area contributed by atoms with Crippen LogP contribution in [0, 0.1) is 6.92 Å². The summed E-state index contributed by atoms with van der Waals surface area (Å²) in [5, 5.41) is 14.4. The third-order valence-electron chi connectivity index (χ3n) is 5.41. The number of nitrogens with zero attached hydrogens (tertiary/aromatic N) is 4. The normalized spacial score (nSPS) is 16.8. The molecule has 0 N–H and O–H groups in total. The van der Waals surface area contributed by atoms with E-state index in [0.717, 1.165) is 17.5 Å². The number of hydrazone groups is 1. The maximum atomic E-state index is 13.1. The number of hydrogen-bond acceptors (Lipinski definition) is 10. The van der Waals surface area contributed by atoms with Crippen LogP contribution in [0.25, 0.3) is 11.5 Å². The maximum Gasteiger partial charge on any atom is 0.277 e. The number of thioether (sulfide) groups is 1. The Hall–Kier alpha value is -3.99. The van der Waals surface area contributed by atoms with Crippen molar-refractivity contribution in [2.45, 2.75) is 24.6 Å². The third kappa shape index (κ3) is 3.83. The van der Waals surface area contributed by atoms with Gasteiger partial charge in [0.25, 0.3) is 11.1 Å². The molecule has 10 nitrogen and oxygen atoms in total. The van der Waals surface area contributed by atoms with E-state index in [9.17, 15) is 4.79 Å². The molecule has 4 aromatic rings. The molecular formula is C23H18N4O6S. The van der Waals surface area contributed by atoms with Crippen LogP contribution in [0.2, 0.25) is 0 Å². The largest absolute Gasteiger partial charge is 0.467 e. The molecule has 1 aromatic carbocycles. The first-order valence-electron chi connectivity index (χ1n) is 10.5. The van der Waals surface area contributed by atoms with Crippen molar-refractivity contribution in [3.8, 4) is 23.0 Å². The minimum atomic E-state index is -0.351. The molecule has 11 heteroatoms. The number of fused-ring (bicyclic) bond motifs is 1. The number of aryl methyl sites for hydroxylation is 1. The molecule has 1 amide bonds. The van der Waals surface area contributed by atoms with Crippen LogP contribution in [0.15, 0.2) is 72.3 Å². The Kier molecular flexibility index (Phi) is 5.10. The van der Waals surface area contributed by atoms with E-state index in [2.05, 4.69) is 15.3 Å². The first-order chi connectivity index (χ1) is 16.6. The van der Waals surface area contributed by atoms with Gasteiger partial charge in [-0.25, -0.2) is 5.01 Å². The molecule has 0 radical (unpaired) electrons. The van der Waals surface area contributed by atoms with E-state index in [1.54, 1.807) is 24.5 Å². The summed E-state index contributed by atoms with van der Waals surface area (Å²) < 4.78 is 27.7. The molecule has 5 heterocycles. The van der Waals surface area contributed by atoms with Gasteiger partial charge in [-0.2, -0.15) is 5.10 Å². The van der Waals surface area contributed by atoms with E-state index in [0.29, 0.717) is 46.6 Å². The summed E-state index contributed by atoms with van der Waals surface area (Å²) in [7, 11) is 0. The van der Waals surface area contributed by atoms with E-state index in [-0.39, 0.29) is 29.7 Å². The Morgan fingerprint density at radius 2 is 2.03 bits per heavy atom. The molecule has 1 atom stereocenters. The van der Waals surface area contributed by atoms with Gasteiger partial charge in [-0.1, -0.05) is 11.8 Å². The van der Waals surface area contributed by atoms with Crippen molar-refractivity contribution in [1.82, 2.24) is 15.2 Å². The molecule has 2 aliphatic heterocycles. The first kappa shape index (κ1) is 20.6. The summed E-state index contributed by atoms with van der Waals surface area (Å²) in [4.78, 5) is 13.1. The fraction of sp³-hybridized carbons (Fsp3) is 0.217. The van der Waals surface area contributed by atoms with Crippen LogP contribution in [0.3, 0.4) is 0 Å². The van der Waals surface area contributed by atoms with Crippen LogP contribution >= 0.6 is 11.8 Å². The van der Waals surface area contributed by atoms with Crippen molar-refractivity contribution < 1.29 is 27.5 Å². The van der Waals surface area contributed by atoms with Gasteiger partial charge < -0.3 is 22.7 Å². The highest BCUT2D eigenvalue weighted by Gasteiger charge is 2.36. The van der Waals surface area contributed by atoms with Crippen molar-refractivity contribution in [2.24, 2.45) is 5.10 Å². The van der Waals surface area contributed by atoms with Gasteiger partial charge in [0.15, 0.2) is 11.5 Å². The maximum absolute atomic E-state index is 13.1. The molecule has 0 saturated carbocycles. The average Bonchev–Trinajstić information content (AvgIpc) is 3.66. The quantitative estimate of drug-likeness (QED) is 0.371. The second-order valence-corrected chi connectivity index (χ2v) is 8.59. The van der Waals surface area contributed by atoms with Crippen LogP contribution in [-0.2, 0) is 4.79 Å². The van der Waals surface area contributed by atoms with Gasteiger partial charge in [0, 0.05) is 12.0 Å². The minimum Gasteiger partial charge on any atom is -0.467 e. The highest BCUT2D eigenvalue weighted by Crippen LogP contribution is 2.37. The van der Waals surface area contributed by atoms with Crippen LogP contribution in [0.4, 0.5) is 0 Å². The van der Waals surface area contributed by atoms with Crippen molar-refractivity contribution in [2.75, 3.05) is 12.5 Å². The van der Waals surface area contributed by atoms with Crippen LogP contribution in [-0.4, -0.2) is 39.4 Å². The highest BCUT2D eigenvalue weighted by atomic mass is 32.2. The van der Waals surface area contributed by atoms with Crippen LogP contribution in [0.5, 0.6) is 11.5 Å². The van der Waals surface area contributed by atoms with E-state index < -0.39 is 0 Å². The Labute approximate surface area is 197 Å². The lowest BCUT2D eigenvalue weighted by Gasteiger charge is -2.19. The summed E-state index contributed by atoms with van der Waals surface area (Å²) in [6.45, 7) is 2.05. The van der Waals surface area contributed by atoms with Crippen LogP contribution < -0.4 is 9.47 Å². The predicted molar refractivity (Wildman–Crippen MR) is 119 cm³/mol. The summed E-state index contributed by atoms with van der Waals surface area (Å²) in [5.41, 5.74) is 1.39. The van der Waals surface area contributed by atoms with E-state index in [4.69, 9.17) is 22.7 Å². The van der Waals surface area contributed by atoms with Crippen molar-refractivity contribution in [3.63, 3.8) is 0 Å². The molecule has 6 rings (SSSR count). The van der Waals surface area contributed by atoms with Gasteiger partial charge in [-0.3, -0.25) is 4.79 Å². The first-order valence-corrected chi connectivity index (χ1v) is 11.5. The van der Waals surface area contributed by atoms with Gasteiger partial charge in [-0.05, 0) is 49.4 Å². The zero-order chi connectivity index (χ0) is 23.1. The molecule has 172 valence electrons. The fourth-order valence-electron chi connectivity index (χ4n) is 3.79. The van der Waals surface area contributed by atoms with Gasteiger partial charge in [0.1, 0.15) is 29.0 Å². The number of benzene rings is 1. The number of aromatic nitrogens is 2. The Morgan fingerprint density at radius 3 is 2.85 bits per heavy atom. The van der Waals surface area contributed by atoms with Crippen molar-refractivity contribution >= 4 is 23.4 Å². The molecule has 2 aliphatic rings. The summed E-state index contributed by atoms with van der Waals surface area (Å²) in [6, 6.07) is 12.4. The monoisotopic (exact) mass is 478 g/mol. The molecular weight excluding hydrogens is 460 g/mol. The Bertz CT molecular complexity index is 1380. The number of hydrogen-bond donors (Lipinski definition) is 0. The Morgan fingerprint density at radius 1 is 1.12 bits per heavy atom. The minimum absolute atomic E-state index is 0.0634. The molecule has 34 heavy (non-hydrogen) atoms. The highest BCUT2D eigenvalue weighted by molar-refractivity contribution is 7.99.